The van der Waals surface area contributed by atoms with E-state index >= 15 is 0 Å². The normalized spacial score (nSPS) is 23.1. The Balaban J connectivity index is 1.84. The van der Waals surface area contributed by atoms with E-state index < -0.39 is 8.07 Å². The van der Waals surface area contributed by atoms with Crippen LogP contribution in [-0.4, -0.2) is 33.5 Å². The van der Waals surface area contributed by atoms with Gasteiger partial charge in [0.25, 0.3) is 0 Å². The Morgan fingerprint density at radius 1 is 0.970 bits per heavy atom. The molecular formula is C29H38O3Si. The fourth-order valence-electron chi connectivity index (χ4n) is 5.79. The second-order valence-electron chi connectivity index (χ2n) is 10.9. The van der Waals surface area contributed by atoms with E-state index in [2.05, 4.69) is 69.0 Å². The van der Waals surface area contributed by atoms with Crippen molar-refractivity contribution in [2.45, 2.75) is 64.8 Å². The van der Waals surface area contributed by atoms with Crippen LogP contribution in [0.25, 0.3) is 5.57 Å². The number of allylic oxidation sites excluding steroid dienone is 3. The van der Waals surface area contributed by atoms with Crippen LogP contribution in [0, 0.1) is 5.41 Å². The molecule has 0 heterocycles. The summed E-state index contributed by atoms with van der Waals surface area (Å²) in [6, 6.07) is 17.0. The zero-order valence-electron chi connectivity index (χ0n) is 21.0. The van der Waals surface area contributed by atoms with Crippen LogP contribution in [0.1, 0.15) is 43.7 Å². The SMILES string of the molecule is COc1ccc(C2=C([Si](C)(C)C)C[C@@]3(C)C[C@@H](O)CC3=C2CCc2cccc(OC)c2)cc1. The highest BCUT2D eigenvalue weighted by atomic mass is 28.3. The molecule has 0 unspecified atom stereocenters. The largest absolute Gasteiger partial charge is 0.497 e. The molecule has 2 aromatic rings. The Morgan fingerprint density at radius 2 is 1.67 bits per heavy atom. The van der Waals surface area contributed by atoms with Gasteiger partial charge in [0.1, 0.15) is 11.5 Å². The average Bonchev–Trinajstić information content (AvgIpc) is 3.10. The lowest BCUT2D eigenvalue weighted by atomic mass is 9.71. The molecule has 33 heavy (non-hydrogen) atoms. The summed E-state index contributed by atoms with van der Waals surface area (Å²) >= 11 is 0. The van der Waals surface area contributed by atoms with E-state index in [1.165, 1.54) is 27.8 Å². The monoisotopic (exact) mass is 462 g/mol. The van der Waals surface area contributed by atoms with Crippen molar-refractivity contribution in [3.05, 3.63) is 76.0 Å². The van der Waals surface area contributed by atoms with Gasteiger partial charge in [-0.15, -0.1) is 0 Å². The van der Waals surface area contributed by atoms with Crippen LogP contribution in [-0.2, 0) is 6.42 Å². The van der Waals surface area contributed by atoms with Crippen molar-refractivity contribution in [3.63, 3.8) is 0 Å². The van der Waals surface area contributed by atoms with Gasteiger partial charge >= 0.3 is 0 Å². The molecular weight excluding hydrogens is 424 g/mol. The topological polar surface area (TPSA) is 38.7 Å². The van der Waals surface area contributed by atoms with E-state index in [0.717, 1.165) is 43.6 Å². The molecule has 0 aliphatic heterocycles. The van der Waals surface area contributed by atoms with E-state index in [1.807, 2.05) is 6.07 Å². The van der Waals surface area contributed by atoms with Gasteiger partial charge in [-0.2, -0.15) is 0 Å². The number of aliphatic hydroxyl groups excluding tert-OH is 1. The van der Waals surface area contributed by atoms with Gasteiger partial charge in [-0.3, -0.25) is 0 Å². The number of rotatable bonds is 7. The molecule has 1 saturated carbocycles. The standard InChI is InChI=1S/C29H38O3Si/c1-29-18-22(30)17-26(29)25(15-10-20-8-7-9-24(16-20)32-3)28(27(19-29)33(4,5)6)21-11-13-23(31-2)14-12-21/h7-9,11-14,16,22,30H,10,15,17-19H2,1-6H3/t22-,29+/m0/s1. The first-order valence-electron chi connectivity index (χ1n) is 12.1. The smallest absolute Gasteiger partial charge is 0.119 e. The number of aryl methyl sites for hydroxylation is 1. The highest BCUT2D eigenvalue weighted by molar-refractivity contribution is 6.84. The summed E-state index contributed by atoms with van der Waals surface area (Å²) < 4.78 is 10.9. The third-order valence-corrected chi connectivity index (χ3v) is 9.71. The highest BCUT2D eigenvalue weighted by Gasteiger charge is 2.46. The maximum absolute atomic E-state index is 10.7. The van der Waals surface area contributed by atoms with E-state index in [4.69, 9.17) is 9.47 Å². The summed E-state index contributed by atoms with van der Waals surface area (Å²) in [5.74, 6) is 1.79. The average molecular weight is 463 g/mol. The molecule has 2 atom stereocenters. The number of hydrogen-bond acceptors (Lipinski definition) is 3. The van der Waals surface area contributed by atoms with Crippen molar-refractivity contribution in [3.8, 4) is 11.5 Å². The number of aliphatic hydroxyl groups is 1. The Kier molecular flexibility index (Phi) is 6.61. The number of hydrogen-bond donors (Lipinski definition) is 1. The summed E-state index contributed by atoms with van der Waals surface area (Å²) in [7, 11) is 1.84. The van der Waals surface area contributed by atoms with Gasteiger partial charge in [-0.25, -0.2) is 0 Å². The van der Waals surface area contributed by atoms with Crippen LogP contribution in [0.3, 0.4) is 0 Å². The van der Waals surface area contributed by atoms with Crippen LogP contribution in [0.5, 0.6) is 11.5 Å². The van der Waals surface area contributed by atoms with Gasteiger partial charge in [-0.1, -0.05) is 61.6 Å². The van der Waals surface area contributed by atoms with Crippen molar-refractivity contribution in [2.24, 2.45) is 5.41 Å². The summed E-state index contributed by atoms with van der Waals surface area (Å²) in [5.41, 5.74) is 7.02. The molecule has 3 nitrogen and oxygen atoms in total. The van der Waals surface area contributed by atoms with Crippen molar-refractivity contribution in [1.29, 1.82) is 0 Å². The second-order valence-corrected chi connectivity index (χ2v) is 16.0. The van der Waals surface area contributed by atoms with Gasteiger partial charge in [0.15, 0.2) is 0 Å². The molecule has 0 aromatic heterocycles. The predicted molar refractivity (Wildman–Crippen MR) is 140 cm³/mol. The molecule has 0 amide bonds. The predicted octanol–water partition coefficient (Wildman–Crippen LogP) is 6.83. The molecule has 4 heteroatoms. The fraction of sp³-hybridized carbons (Fsp3) is 0.448. The first kappa shape index (κ1) is 23.8. The lowest BCUT2D eigenvalue weighted by Crippen LogP contribution is -2.33. The molecule has 1 N–H and O–H groups in total. The Hall–Kier alpha value is -2.30. The van der Waals surface area contributed by atoms with Crippen LogP contribution in [0.4, 0.5) is 0 Å². The van der Waals surface area contributed by atoms with Gasteiger partial charge in [0.2, 0.25) is 0 Å². The Bertz CT molecular complexity index is 1070. The first-order chi connectivity index (χ1) is 15.6. The summed E-state index contributed by atoms with van der Waals surface area (Å²) in [5, 5.41) is 12.4. The Morgan fingerprint density at radius 3 is 2.30 bits per heavy atom. The third-order valence-electron chi connectivity index (χ3n) is 7.47. The fourth-order valence-corrected chi connectivity index (χ4v) is 7.76. The minimum absolute atomic E-state index is 0.0642. The number of methoxy groups -OCH3 is 2. The minimum Gasteiger partial charge on any atom is -0.497 e. The van der Waals surface area contributed by atoms with Gasteiger partial charge in [0, 0.05) is 0 Å². The zero-order valence-corrected chi connectivity index (χ0v) is 22.0. The quantitative estimate of drug-likeness (QED) is 0.458. The molecule has 0 bridgehead atoms. The van der Waals surface area contributed by atoms with E-state index in [0.29, 0.717) is 0 Å². The lowest BCUT2D eigenvalue weighted by molar-refractivity contribution is 0.164. The third kappa shape index (κ3) is 4.83. The van der Waals surface area contributed by atoms with Crippen molar-refractivity contribution < 1.29 is 14.6 Å². The van der Waals surface area contributed by atoms with Crippen LogP contribution < -0.4 is 9.47 Å². The van der Waals surface area contributed by atoms with Crippen molar-refractivity contribution in [1.82, 2.24) is 0 Å². The second kappa shape index (κ2) is 9.15. The highest BCUT2D eigenvalue weighted by Crippen LogP contribution is 2.57. The van der Waals surface area contributed by atoms with Crippen LogP contribution >= 0.6 is 0 Å². The minimum atomic E-state index is -1.61. The number of benzene rings is 2. The molecule has 4 rings (SSSR count). The maximum atomic E-state index is 10.7. The van der Waals surface area contributed by atoms with Crippen LogP contribution in [0.2, 0.25) is 19.6 Å². The molecule has 2 aromatic carbocycles. The molecule has 176 valence electrons. The van der Waals surface area contributed by atoms with Crippen molar-refractivity contribution >= 4 is 13.6 Å². The molecule has 1 fully saturated rings. The molecule has 0 radical (unpaired) electrons. The lowest BCUT2D eigenvalue weighted by Gasteiger charge is -2.41. The zero-order chi connectivity index (χ0) is 23.8. The van der Waals surface area contributed by atoms with Crippen molar-refractivity contribution in [2.75, 3.05) is 14.2 Å². The molecule has 0 saturated heterocycles. The van der Waals surface area contributed by atoms with Gasteiger partial charge < -0.3 is 14.6 Å². The summed E-state index contributed by atoms with van der Waals surface area (Å²) in [6.07, 6.45) is 4.42. The summed E-state index contributed by atoms with van der Waals surface area (Å²) in [4.78, 5) is 0. The molecule has 0 spiro atoms. The number of fused-ring (bicyclic) bond motifs is 1. The number of ether oxygens (including phenoxy) is 2. The first-order valence-corrected chi connectivity index (χ1v) is 15.6. The van der Waals surface area contributed by atoms with Gasteiger partial charge in [-0.05, 0) is 84.1 Å². The maximum Gasteiger partial charge on any atom is 0.119 e. The van der Waals surface area contributed by atoms with Crippen LogP contribution in [0.15, 0.2) is 64.9 Å². The van der Waals surface area contributed by atoms with Gasteiger partial charge in [0.05, 0.1) is 28.4 Å². The molecule has 2 aliphatic carbocycles. The Labute approximate surface area is 200 Å². The van der Waals surface area contributed by atoms with E-state index in [9.17, 15) is 5.11 Å². The van der Waals surface area contributed by atoms with E-state index in [1.54, 1.807) is 19.4 Å². The van der Waals surface area contributed by atoms with E-state index in [-0.39, 0.29) is 11.5 Å². The summed E-state index contributed by atoms with van der Waals surface area (Å²) in [6.45, 7) is 9.77. The molecule has 2 aliphatic rings.